The maximum Gasteiger partial charge on any atom is 0.238 e. The molecular formula is C25H44N2O4. The highest BCUT2D eigenvalue weighted by atomic mass is 16.3. The zero-order valence-electron chi connectivity index (χ0n) is 20.0. The summed E-state index contributed by atoms with van der Waals surface area (Å²) >= 11 is 0. The molecule has 178 valence electrons. The van der Waals surface area contributed by atoms with Gasteiger partial charge in [-0.1, -0.05) is 53.4 Å². The third-order valence-corrected chi connectivity index (χ3v) is 8.11. The molecule has 4 N–H and O–H groups in total. The van der Waals surface area contributed by atoms with Gasteiger partial charge in [0, 0.05) is 0 Å². The van der Waals surface area contributed by atoms with E-state index in [1.54, 1.807) is 0 Å². The highest BCUT2D eigenvalue weighted by Gasteiger charge is 2.62. The number of nitrogens with zero attached hydrogens (tertiary/aromatic N) is 1. The van der Waals surface area contributed by atoms with Gasteiger partial charge in [0.1, 0.15) is 5.41 Å². The lowest BCUT2D eigenvalue weighted by Crippen LogP contribution is -2.65. The molecule has 0 bridgehead atoms. The second-order valence-corrected chi connectivity index (χ2v) is 11.6. The standard InChI is InChI=1S/C25H44N2O4/c1-17(2)15-19(24(30)9-5-6-10-24)27(22(29)23(13-14-23)21(26)28)20(16-18(3)4)25(31)11-7-8-12-25/h17-20,30-31H,5-16H2,1-4H3,(H2,26,28). The smallest absolute Gasteiger partial charge is 0.238 e. The van der Waals surface area contributed by atoms with E-state index in [1.165, 1.54) is 0 Å². The van der Waals surface area contributed by atoms with Crippen molar-refractivity contribution in [2.24, 2.45) is 23.0 Å². The second-order valence-electron chi connectivity index (χ2n) is 11.6. The number of carbonyl (C=O) groups is 2. The molecule has 3 saturated carbocycles. The van der Waals surface area contributed by atoms with Gasteiger partial charge in [-0.25, -0.2) is 0 Å². The normalized spacial score (nSPS) is 25.5. The zero-order valence-corrected chi connectivity index (χ0v) is 20.0. The summed E-state index contributed by atoms with van der Waals surface area (Å²) in [6, 6.07) is -0.819. The first-order valence-corrected chi connectivity index (χ1v) is 12.5. The van der Waals surface area contributed by atoms with E-state index in [4.69, 9.17) is 5.73 Å². The van der Waals surface area contributed by atoms with Gasteiger partial charge in [0.05, 0.1) is 23.3 Å². The quantitative estimate of drug-likeness (QED) is 0.456. The molecule has 6 nitrogen and oxygen atoms in total. The number of nitrogens with two attached hydrogens (primary N) is 1. The van der Waals surface area contributed by atoms with E-state index >= 15 is 0 Å². The summed E-state index contributed by atoms with van der Waals surface area (Å²) in [6.45, 7) is 8.43. The molecule has 2 amide bonds. The average Bonchev–Trinajstić information content (AvgIpc) is 3.20. The van der Waals surface area contributed by atoms with Crippen molar-refractivity contribution in [3.8, 4) is 0 Å². The van der Waals surface area contributed by atoms with Crippen LogP contribution < -0.4 is 5.73 Å². The molecule has 3 rings (SSSR count). The summed E-state index contributed by atoms with van der Waals surface area (Å²) in [6.07, 6.45) is 8.63. The fourth-order valence-electron chi connectivity index (χ4n) is 6.16. The maximum atomic E-state index is 14.1. The minimum atomic E-state index is -1.16. The minimum absolute atomic E-state index is 0.253. The molecule has 3 fully saturated rings. The second kappa shape index (κ2) is 9.01. The van der Waals surface area contributed by atoms with Crippen LogP contribution in [0.4, 0.5) is 0 Å². The highest BCUT2D eigenvalue weighted by molar-refractivity contribution is 6.07. The molecule has 0 radical (unpaired) electrons. The molecule has 31 heavy (non-hydrogen) atoms. The molecule has 0 aromatic heterocycles. The van der Waals surface area contributed by atoms with Crippen LogP contribution in [0.1, 0.15) is 105 Å². The van der Waals surface area contributed by atoms with Crippen LogP contribution in [0.25, 0.3) is 0 Å². The summed E-state index contributed by atoms with van der Waals surface area (Å²) in [4.78, 5) is 28.3. The lowest BCUT2D eigenvalue weighted by atomic mass is 9.78. The van der Waals surface area contributed by atoms with Crippen molar-refractivity contribution in [3.63, 3.8) is 0 Å². The van der Waals surface area contributed by atoms with Crippen LogP contribution in [0.3, 0.4) is 0 Å². The van der Waals surface area contributed by atoms with Crippen molar-refractivity contribution < 1.29 is 19.8 Å². The van der Waals surface area contributed by atoms with Crippen LogP contribution in [0.15, 0.2) is 0 Å². The van der Waals surface area contributed by atoms with E-state index in [9.17, 15) is 19.8 Å². The topological polar surface area (TPSA) is 104 Å². The fraction of sp³-hybridized carbons (Fsp3) is 0.920. The average molecular weight is 437 g/mol. The van der Waals surface area contributed by atoms with Gasteiger partial charge in [0.25, 0.3) is 0 Å². The summed E-state index contributed by atoms with van der Waals surface area (Å²) in [7, 11) is 0. The summed E-state index contributed by atoms with van der Waals surface area (Å²) in [5.74, 6) is -0.277. The van der Waals surface area contributed by atoms with E-state index in [2.05, 4.69) is 27.7 Å². The SMILES string of the molecule is CC(C)CC(N(C(=O)C1(C(N)=O)CC1)C(CC(C)C)C1(O)CCCC1)C1(O)CCCC1. The van der Waals surface area contributed by atoms with Crippen molar-refractivity contribution in [3.05, 3.63) is 0 Å². The molecule has 0 spiro atoms. The van der Waals surface area contributed by atoms with Gasteiger partial charge < -0.3 is 20.8 Å². The first-order chi connectivity index (χ1) is 14.5. The van der Waals surface area contributed by atoms with Crippen molar-refractivity contribution in [2.45, 2.75) is 128 Å². The number of hydrogen-bond acceptors (Lipinski definition) is 4. The Bertz CT molecular complexity index is 622. The zero-order chi connectivity index (χ0) is 23.0. The van der Waals surface area contributed by atoms with Gasteiger partial charge in [-0.15, -0.1) is 0 Å². The Morgan fingerprint density at radius 3 is 1.39 bits per heavy atom. The Balaban J connectivity index is 2.11. The fourth-order valence-corrected chi connectivity index (χ4v) is 6.16. The molecule has 2 unspecified atom stereocenters. The summed E-state index contributed by atoms with van der Waals surface area (Å²) < 4.78 is 0. The Kier molecular flexibility index (Phi) is 7.12. The van der Waals surface area contributed by atoms with E-state index < -0.39 is 34.6 Å². The first-order valence-electron chi connectivity index (χ1n) is 12.5. The van der Waals surface area contributed by atoms with Gasteiger partial charge in [0.2, 0.25) is 11.8 Å². The number of carbonyl (C=O) groups excluding carboxylic acids is 2. The summed E-state index contributed by atoms with van der Waals surface area (Å²) in [5.41, 5.74) is 2.63. The number of amides is 2. The van der Waals surface area contributed by atoms with Crippen LogP contribution in [0, 0.1) is 17.3 Å². The number of rotatable bonds is 10. The maximum absolute atomic E-state index is 14.1. The van der Waals surface area contributed by atoms with Crippen molar-refractivity contribution in [1.82, 2.24) is 4.90 Å². The largest absolute Gasteiger partial charge is 0.388 e. The Hall–Kier alpha value is -1.14. The van der Waals surface area contributed by atoms with Crippen LogP contribution in [-0.2, 0) is 9.59 Å². The molecule has 0 aliphatic heterocycles. The Morgan fingerprint density at radius 1 is 0.774 bits per heavy atom. The van der Waals surface area contributed by atoms with Gasteiger partial charge in [-0.3, -0.25) is 9.59 Å². The Morgan fingerprint density at radius 2 is 1.13 bits per heavy atom. The van der Waals surface area contributed by atoms with E-state index in [1.807, 2.05) is 4.90 Å². The van der Waals surface area contributed by atoms with Crippen molar-refractivity contribution in [1.29, 1.82) is 0 Å². The van der Waals surface area contributed by atoms with Crippen LogP contribution in [0.2, 0.25) is 0 Å². The van der Waals surface area contributed by atoms with Gasteiger partial charge in [-0.2, -0.15) is 0 Å². The van der Waals surface area contributed by atoms with E-state index in [0.717, 1.165) is 25.7 Å². The predicted octanol–water partition coefficient (Wildman–Crippen LogP) is 3.52. The monoisotopic (exact) mass is 436 g/mol. The lowest BCUT2D eigenvalue weighted by Gasteiger charge is -2.51. The molecular weight excluding hydrogens is 392 g/mol. The third-order valence-electron chi connectivity index (χ3n) is 8.11. The molecule has 2 atom stereocenters. The summed E-state index contributed by atoms with van der Waals surface area (Å²) in [5, 5.41) is 23.5. The van der Waals surface area contributed by atoms with Crippen LogP contribution >= 0.6 is 0 Å². The van der Waals surface area contributed by atoms with E-state index in [0.29, 0.717) is 51.4 Å². The molecule has 0 aromatic carbocycles. The first kappa shape index (κ1) is 24.5. The van der Waals surface area contributed by atoms with Crippen molar-refractivity contribution in [2.75, 3.05) is 0 Å². The molecule has 6 heteroatoms. The van der Waals surface area contributed by atoms with Gasteiger partial charge in [-0.05, 0) is 63.2 Å². The molecule has 0 heterocycles. The number of hydrogen-bond donors (Lipinski definition) is 3. The van der Waals surface area contributed by atoms with Gasteiger partial charge >= 0.3 is 0 Å². The van der Waals surface area contributed by atoms with Crippen molar-refractivity contribution >= 4 is 11.8 Å². The third kappa shape index (κ3) is 4.80. The van der Waals surface area contributed by atoms with Gasteiger partial charge in [0.15, 0.2) is 0 Å². The predicted molar refractivity (Wildman–Crippen MR) is 121 cm³/mol. The molecule has 3 aliphatic rings. The Labute approximate surface area is 187 Å². The molecule has 0 aromatic rings. The molecule has 0 saturated heterocycles. The van der Waals surface area contributed by atoms with E-state index in [-0.39, 0.29) is 17.7 Å². The van der Waals surface area contributed by atoms with Crippen LogP contribution in [-0.4, -0.2) is 50.2 Å². The minimum Gasteiger partial charge on any atom is -0.388 e. The number of aliphatic hydroxyl groups is 2. The number of primary amides is 1. The lowest BCUT2D eigenvalue weighted by molar-refractivity contribution is -0.167. The highest BCUT2D eigenvalue weighted by Crippen LogP contribution is 2.51. The van der Waals surface area contributed by atoms with Crippen LogP contribution in [0.5, 0.6) is 0 Å². The molecule has 3 aliphatic carbocycles.